The first-order valence-corrected chi connectivity index (χ1v) is 7.81. The summed E-state index contributed by atoms with van der Waals surface area (Å²) in [4.78, 5) is 12.0. The Bertz CT molecular complexity index is 611. The molecule has 2 rings (SSSR count). The molecule has 1 aromatic heterocycles. The van der Waals surface area contributed by atoms with Crippen molar-refractivity contribution in [1.29, 1.82) is 0 Å². The molecule has 1 N–H and O–H groups in total. The van der Waals surface area contributed by atoms with Gasteiger partial charge < -0.3 is 5.32 Å². The van der Waals surface area contributed by atoms with E-state index in [-0.39, 0.29) is 11.3 Å². The van der Waals surface area contributed by atoms with Crippen molar-refractivity contribution in [2.24, 2.45) is 5.41 Å². The molecule has 112 valence electrons. The molecule has 0 saturated carbocycles. The zero-order valence-electron chi connectivity index (χ0n) is 12.9. The average Bonchev–Trinajstić information content (AvgIpc) is 2.77. The molecule has 21 heavy (non-hydrogen) atoms. The molecular formula is C16H21N3OS. The number of hydrogen-bond donors (Lipinski definition) is 1. The highest BCUT2D eigenvalue weighted by Gasteiger charge is 2.16. The van der Waals surface area contributed by atoms with E-state index in [4.69, 9.17) is 0 Å². The van der Waals surface area contributed by atoms with Gasteiger partial charge in [0.05, 0.1) is 6.42 Å². The fourth-order valence-electron chi connectivity index (χ4n) is 1.88. The van der Waals surface area contributed by atoms with Crippen LogP contribution in [-0.4, -0.2) is 16.1 Å². The summed E-state index contributed by atoms with van der Waals surface area (Å²) in [6, 6.07) is 7.96. The summed E-state index contributed by atoms with van der Waals surface area (Å²) in [5.41, 5.74) is 2.36. The molecule has 1 heterocycles. The average molecular weight is 303 g/mol. The predicted molar refractivity (Wildman–Crippen MR) is 86.6 cm³/mol. The first kappa shape index (κ1) is 15.6. The first-order chi connectivity index (χ1) is 9.82. The lowest BCUT2D eigenvalue weighted by molar-refractivity contribution is -0.115. The largest absolute Gasteiger partial charge is 0.300 e. The number of anilines is 1. The molecule has 1 amide bonds. The first-order valence-electron chi connectivity index (χ1n) is 7.00. The summed E-state index contributed by atoms with van der Waals surface area (Å²) in [5.74, 6) is -0.0580. The van der Waals surface area contributed by atoms with Crippen LogP contribution in [0.2, 0.25) is 0 Å². The highest BCUT2D eigenvalue weighted by molar-refractivity contribution is 7.15. The zero-order valence-corrected chi connectivity index (χ0v) is 13.8. The van der Waals surface area contributed by atoms with E-state index in [1.165, 1.54) is 16.9 Å². The number of carbonyl (C=O) groups is 1. The van der Waals surface area contributed by atoms with Crippen molar-refractivity contribution in [3.05, 3.63) is 40.4 Å². The summed E-state index contributed by atoms with van der Waals surface area (Å²) < 4.78 is 0. The topological polar surface area (TPSA) is 54.9 Å². The second-order valence-electron chi connectivity index (χ2n) is 6.45. The molecular weight excluding hydrogens is 282 g/mol. The Morgan fingerprint density at radius 2 is 1.86 bits per heavy atom. The molecule has 0 aliphatic rings. The normalized spacial score (nSPS) is 11.4. The molecule has 0 radical (unpaired) electrons. The minimum atomic E-state index is -0.0580. The lowest BCUT2D eigenvalue weighted by Gasteiger charge is -2.14. The number of nitrogens with one attached hydrogen (secondary N) is 1. The number of hydrogen-bond acceptors (Lipinski definition) is 4. The summed E-state index contributed by atoms with van der Waals surface area (Å²) in [6.45, 7) is 8.50. The Morgan fingerprint density at radius 1 is 1.19 bits per heavy atom. The molecule has 5 heteroatoms. The van der Waals surface area contributed by atoms with E-state index in [1.54, 1.807) is 0 Å². The van der Waals surface area contributed by atoms with Crippen LogP contribution >= 0.6 is 11.3 Å². The fraction of sp³-hybridized carbons (Fsp3) is 0.438. The van der Waals surface area contributed by atoms with Crippen LogP contribution in [0, 0.1) is 12.3 Å². The number of carbonyl (C=O) groups excluding carboxylic acids is 1. The lowest BCUT2D eigenvalue weighted by atomic mass is 9.93. The Hall–Kier alpha value is -1.75. The van der Waals surface area contributed by atoms with Crippen LogP contribution in [0.25, 0.3) is 0 Å². The standard InChI is InChI=1S/C16H21N3OS/c1-11-5-7-12(8-6-11)9-13(20)17-15-19-18-14(21-15)10-16(2,3)4/h5-8H,9-10H2,1-4H3,(H,17,19,20). The van der Waals surface area contributed by atoms with Crippen molar-refractivity contribution < 1.29 is 4.79 Å². The molecule has 4 nitrogen and oxygen atoms in total. The highest BCUT2D eigenvalue weighted by Crippen LogP contribution is 2.24. The number of amides is 1. The molecule has 0 spiro atoms. The van der Waals surface area contributed by atoms with Gasteiger partial charge >= 0.3 is 0 Å². The molecule has 0 saturated heterocycles. The molecule has 0 bridgehead atoms. The van der Waals surface area contributed by atoms with Gasteiger partial charge in [0.1, 0.15) is 5.01 Å². The van der Waals surface area contributed by atoms with Crippen molar-refractivity contribution in [1.82, 2.24) is 10.2 Å². The van der Waals surface area contributed by atoms with Crippen LogP contribution in [0.4, 0.5) is 5.13 Å². The number of rotatable bonds is 4. The molecule has 0 fully saturated rings. The summed E-state index contributed by atoms with van der Waals surface area (Å²) in [5, 5.41) is 12.5. The second kappa shape index (κ2) is 6.35. The third-order valence-electron chi connectivity index (χ3n) is 2.88. The van der Waals surface area contributed by atoms with Gasteiger partial charge in [-0.1, -0.05) is 61.9 Å². The summed E-state index contributed by atoms with van der Waals surface area (Å²) in [6.07, 6.45) is 1.22. The van der Waals surface area contributed by atoms with Gasteiger partial charge in [-0.15, -0.1) is 10.2 Å². The molecule has 0 aliphatic carbocycles. The number of aryl methyl sites for hydroxylation is 1. The highest BCUT2D eigenvalue weighted by atomic mass is 32.1. The van der Waals surface area contributed by atoms with E-state index in [9.17, 15) is 4.79 Å². The van der Waals surface area contributed by atoms with Gasteiger partial charge in [0.15, 0.2) is 0 Å². The minimum Gasteiger partial charge on any atom is -0.300 e. The van der Waals surface area contributed by atoms with Gasteiger partial charge in [0.2, 0.25) is 11.0 Å². The van der Waals surface area contributed by atoms with E-state index >= 15 is 0 Å². The Labute approximate surface area is 129 Å². The molecule has 1 aromatic carbocycles. The maximum atomic E-state index is 12.0. The number of aromatic nitrogens is 2. The van der Waals surface area contributed by atoms with Crippen molar-refractivity contribution in [2.45, 2.75) is 40.5 Å². The van der Waals surface area contributed by atoms with E-state index in [1.807, 2.05) is 31.2 Å². The molecule has 0 atom stereocenters. The smallest absolute Gasteiger partial charge is 0.230 e. The van der Waals surface area contributed by atoms with Gasteiger partial charge in [-0.2, -0.15) is 0 Å². The summed E-state index contributed by atoms with van der Waals surface area (Å²) >= 11 is 1.45. The van der Waals surface area contributed by atoms with Crippen LogP contribution in [-0.2, 0) is 17.6 Å². The van der Waals surface area contributed by atoms with Gasteiger partial charge in [-0.25, -0.2) is 0 Å². The van der Waals surface area contributed by atoms with Crippen LogP contribution in [0.3, 0.4) is 0 Å². The van der Waals surface area contributed by atoms with Crippen molar-refractivity contribution >= 4 is 22.4 Å². The lowest BCUT2D eigenvalue weighted by Crippen LogP contribution is -2.14. The van der Waals surface area contributed by atoms with Crippen LogP contribution in [0.1, 0.15) is 36.9 Å². The quantitative estimate of drug-likeness (QED) is 0.938. The second-order valence-corrected chi connectivity index (χ2v) is 7.51. The van der Waals surface area contributed by atoms with E-state index in [0.29, 0.717) is 11.6 Å². The SMILES string of the molecule is Cc1ccc(CC(=O)Nc2nnc(CC(C)(C)C)s2)cc1. The number of nitrogens with zero attached hydrogens (tertiary/aromatic N) is 2. The third kappa shape index (κ3) is 5.27. The maximum absolute atomic E-state index is 12.0. The minimum absolute atomic E-state index is 0.0580. The van der Waals surface area contributed by atoms with Gasteiger partial charge in [-0.05, 0) is 17.9 Å². The third-order valence-corrected chi connectivity index (χ3v) is 3.72. The van der Waals surface area contributed by atoms with Gasteiger partial charge in [0.25, 0.3) is 0 Å². The monoisotopic (exact) mass is 303 g/mol. The van der Waals surface area contributed by atoms with Crippen molar-refractivity contribution in [3.63, 3.8) is 0 Å². The van der Waals surface area contributed by atoms with Gasteiger partial charge in [0, 0.05) is 6.42 Å². The predicted octanol–water partition coefficient (Wildman–Crippen LogP) is 3.62. The molecule has 2 aromatic rings. The van der Waals surface area contributed by atoms with Gasteiger partial charge in [-0.3, -0.25) is 4.79 Å². The fourth-order valence-corrected chi connectivity index (χ4v) is 2.94. The Balaban J connectivity index is 1.92. The maximum Gasteiger partial charge on any atom is 0.230 e. The van der Waals surface area contributed by atoms with Crippen molar-refractivity contribution in [3.8, 4) is 0 Å². The summed E-state index contributed by atoms with van der Waals surface area (Å²) in [7, 11) is 0. The van der Waals surface area contributed by atoms with E-state index in [0.717, 1.165) is 17.0 Å². The Morgan fingerprint density at radius 3 is 2.48 bits per heavy atom. The van der Waals surface area contributed by atoms with E-state index < -0.39 is 0 Å². The Kier molecular flexibility index (Phi) is 4.73. The molecule has 0 aliphatic heterocycles. The molecule has 0 unspecified atom stereocenters. The van der Waals surface area contributed by atoms with Crippen LogP contribution in [0.5, 0.6) is 0 Å². The number of benzene rings is 1. The van der Waals surface area contributed by atoms with Crippen molar-refractivity contribution in [2.75, 3.05) is 5.32 Å². The van der Waals surface area contributed by atoms with E-state index in [2.05, 4.69) is 36.3 Å². The van der Waals surface area contributed by atoms with Crippen LogP contribution in [0.15, 0.2) is 24.3 Å². The van der Waals surface area contributed by atoms with Crippen LogP contribution < -0.4 is 5.32 Å². The zero-order chi connectivity index (χ0) is 15.5.